The first kappa shape index (κ1) is 13.2. The second-order valence-corrected chi connectivity index (χ2v) is 5.84. The Morgan fingerprint density at radius 3 is 2.31 bits per heavy atom. The molecule has 0 spiro atoms. The molecule has 1 heterocycles. The van der Waals surface area contributed by atoms with E-state index in [4.69, 9.17) is 4.74 Å². The van der Waals surface area contributed by atoms with Gasteiger partial charge in [0, 0.05) is 6.54 Å². The summed E-state index contributed by atoms with van der Waals surface area (Å²) in [5, 5.41) is 2.87. The second kappa shape index (κ2) is 4.58. The van der Waals surface area contributed by atoms with Crippen LogP contribution in [0.1, 0.15) is 40.5 Å². The third-order valence-corrected chi connectivity index (χ3v) is 2.86. The fourth-order valence-electron chi connectivity index (χ4n) is 2.76. The fraction of sp³-hybridized carbons (Fsp3) is 0.769. The predicted octanol–water partition coefficient (Wildman–Crippen LogP) is 2.27. The summed E-state index contributed by atoms with van der Waals surface area (Å²) >= 11 is 0. The van der Waals surface area contributed by atoms with Crippen molar-refractivity contribution in [3.8, 4) is 0 Å². The van der Waals surface area contributed by atoms with E-state index in [0.29, 0.717) is 12.5 Å². The number of hydrogen-bond acceptors (Lipinski definition) is 2. The van der Waals surface area contributed by atoms with Crippen molar-refractivity contribution in [1.82, 2.24) is 5.32 Å². The molecule has 0 radical (unpaired) electrons. The molecule has 3 heteroatoms. The van der Waals surface area contributed by atoms with Crippen LogP contribution in [-0.2, 0) is 9.53 Å². The predicted molar refractivity (Wildman–Crippen MR) is 65.2 cm³/mol. The van der Waals surface area contributed by atoms with Crippen LogP contribution >= 0.6 is 0 Å². The van der Waals surface area contributed by atoms with E-state index in [2.05, 4.69) is 39.6 Å². The highest BCUT2D eigenvalue weighted by molar-refractivity contribution is 5.86. The first-order valence-electron chi connectivity index (χ1n) is 5.84. The van der Waals surface area contributed by atoms with Gasteiger partial charge in [-0.1, -0.05) is 6.58 Å². The highest BCUT2D eigenvalue weighted by Gasteiger charge is 2.38. The molecule has 0 unspecified atom stereocenters. The van der Waals surface area contributed by atoms with Gasteiger partial charge in [0.25, 0.3) is 0 Å². The summed E-state index contributed by atoms with van der Waals surface area (Å²) < 4.78 is 5.99. The fourth-order valence-corrected chi connectivity index (χ4v) is 2.76. The monoisotopic (exact) mass is 225 g/mol. The first-order valence-corrected chi connectivity index (χ1v) is 5.84. The normalized spacial score (nSPS) is 23.8. The van der Waals surface area contributed by atoms with Gasteiger partial charge < -0.3 is 10.1 Å². The number of hydrogen-bond donors (Lipinski definition) is 1. The van der Waals surface area contributed by atoms with Crippen molar-refractivity contribution >= 4 is 5.91 Å². The maximum atomic E-state index is 11.1. The molecule has 0 aromatic carbocycles. The Kier molecular flexibility index (Phi) is 3.79. The van der Waals surface area contributed by atoms with E-state index in [0.717, 1.165) is 12.8 Å². The molecule has 1 saturated heterocycles. The zero-order valence-corrected chi connectivity index (χ0v) is 10.8. The third kappa shape index (κ3) is 3.97. The van der Waals surface area contributed by atoms with Crippen molar-refractivity contribution in [3.63, 3.8) is 0 Å². The highest BCUT2D eigenvalue weighted by Crippen LogP contribution is 2.37. The summed E-state index contributed by atoms with van der Waals surface area (Å²) in [7, 11) is 0. The SMILES string of the molecule is C=CC(=O)NCC1CC(C)(C)OC(C)(C)C1. The van der Waals surface area contributed by atoms with Gasteiger partial charge in [-0.2, -0.15) is 0 Å². The smallest absolute Gasteiger partial charge is 0.243 e. The molecule has 0 bridgehead atoms. The summed E-state index contributed by atoms with van der Waals surface area (Å²) in [4.78, 5) is 11.1. The maximum Gasteiger partial charge on any atom is 0.243 e. The standard InChI is InChI=1S/C13H23NO2/c1-6-11(15)14-9-10-7-12(2,3)16-13(4,5)8-10/h6,10H,1,7-9H2,2-5H3,(H,14,15). The van der Waals surface area contributed by atoms with E-state index in [1.165, 1.54) is 6.08 Å². The van der Waals surface area contributed by atoms with Crippen LogP contribution in [0.5, 0.6) is 0 Å². The quantitative estimate of drug-likeness (QED) is 0.748. The van der Waals surface area contributed by atoms with Crippen molar-refractivity contribution in [2.45, 2.75) is 51.7 Å². The van der Waals surface area contributed by atoms with Crippen LogP contribution in [0.4, 0.5) is 0 Å². The number of carbonyl (C=O) groups excluding carboxylic acids is 1. The molecule has 0 atom stereocenters. The third-order valence-electron chi connectivity index (χ3n) is 2.86. The molecule has 1 aliphatic heterocycles. The van der Waals surface area contributed by atoms with E-state index in [9.17, 15) is 4.79 Å². The first-order chi connectivity index (χ1) is 7.24. The lowest BCUT2D eigenvalue weighted by Crippen LogP contribution is -2.47. The van der Waals surface area contributed by atoms with Crippen LogP contribution in [0.3, 0.4) is 0 Å². The molecule has 0 aliphatic carbocycles. The maximum absolute atomic E-state index is 11.1. The van der Waals surface area contributed by atoms with Gasteiger partial charge in [0.2, 0.25) is 5.91 Å². The van der Waals surface area contributed by atoms with E-state index in [-0.39, 0.29) is 17.1 Å². The van der Waals surface area contributed by atoms with Crippen LogP contribution in [0.25, 0.3) is 0 Å². The van der Waals surface area contributed by atoms with Gasteiger partial charge in [-0.3, -0.25) is 4.79 Å². The zero-order chi connectivity index (χ0) is 12.4. The van der Waals surface area contributed by atoms with E-state index < -0.39 is 0 Å². The van der Waals surface area contributed by atoms with Gasteiger partial charge in [0.1, 0.15) is 0 Å². The molecule has 1 rings (SSSR count). The minimum Gasteiger partial charge on any atom is -0.370 e. The second-order valence-electron chi connectivity index (χ2n) is 5.84. The van der Waals surface area contributed by atoms with Gasteiger partial charge in [0.05, 0.1) is 11.2 Å². The number of amides is 1. The average molecular weight is 225 g/mol. The molecule has 0 saturated carbocycles. The molecule has 1 N–H and O–H groups in total. The molecule has 0 aromatic rings. The molecule has 16 heavy (non-hydrogen) atoms. The van der Waals surface area contributed by atoms with Gasteiger partial charge in [-0.05, 0) is 52.5 Å². The number of rotatable bonds is 3. The van der Waals surface area contributed by atoms with Crippen LogP contribution < -0.4 is 5.32 Å². The molecule has 1 amide bonds. The molecule has 0 aromatic heterocycles. The summed E-state index contributed by atoms with van der Waals surface area (Å²) in [6.45, 7) is 12.6. The Labute approximate surface area is 98.2 Å². The summed E-state index contributed by atoms with van der Waals surface area (Å²) in [5.74, 6) is 0.379. The lowest BCUT2D eigenvalue weighted by molar-refractivity contribution is -0.172. The Balaban J connectivity index is 2.54. The minimum atomic E-state index is -0.106. The van der Waals surface area contributed by atoms with Gasteiger partial charge in [0.15, 0.2) is 0 Å². The Hall–Kier alpha value is -0.830. The van der Waals surface area contributed by atoms with Gasteiger partial charge in [-0.15, -0.1) is 0 Å². The Morgan fingerprint density at radius 1 is 1.38 bits per heavy atom. The Bertz CT molecular complexity index is 266. The van der Waals surface area contributed by atoms with Crippen LogP contribution in [0.15, 0.2) is 12.7 Å². The minimum absolute atomic E-state index is 0.0953. The van der Waals surface area contributed by atoms with Crippen LogP contribution in [-0.4, -0.2) is 23.7 Å². The molecule has 1 fully saturated rings. The molecule has 1 aliphatic rings. The van der Waals surface area contributed by atoms with Crippen LogP contribution in [0.2, 0.25) is 0 Å². The van der Waals surface area contributed by atoms with Crippen molar-refractivity contribution in [2.24, 2.45) is 5.92 Å². The van der Waals surface area contributed by atoms with E-state index in [1.54, 1.807) is 0 Å². The molecular weight excluding hydrogens is 202 g/mol. The van der Waals surface area contributed by atoms with Crippen molar-refractivity contribution in [2.75, 3.05) is 6.54 Å². The highest BCUT2D eigenvalue weighted by atomic mass is 16.5. The van der Waals surface area contributed by atoms with Gasteiger partial charge >= 0.3 is 0 Å². The van der Waals surface area contributed by atoms with Gasteiger partial charge in [-0.25, -0.2) is 0 Å². The lowest BCUT2D eigenvalue weighted by atomic mass is 9.81. The molecule has 3 nitrogen and oxygen atoms in total. The molecule has 92 valence electrons. The van der Waals surface area contributed by atoms with Crippen LogP contribution in [0, 0.1) is 5.92 Å². The Morgan fingerprint density at radius 2 is 1.88 bits per heavy atom. The zero-order valence-electron chi connectivity index (χ0n) is 10.8. The van der Waals surface area contributed by atoms with E-state index >= 15 is 0 Å². The van der Waals surface area contributed by atoms with Crippen molar-refractivity contribution in [3.05, 3.63) is 12.7 Å². The topological polar surface area (TPSA) is 38.3 Å². The lowest BCUT2D eigenvalue weighted by Gasteiger charge is -2.45. The number of ether oxygens (including phenoxy) is 1. The van der Waals surface area contributed by atoms with Crippen molar-refractivity contribution in [1.29, 1.82) is 0 Å². The van der Waals surface area contributed by atoms with Crippen molar-refractivity contribution < 1.29 is 9.53 Å². The van der Waals surface area contributed by atoms with E-state index in [1.807, 2.05) is 0 Å². The average Bonchev–Trinajstić information content (AvgIpc) is 2.09. The largest absolute Gasteiger partial charge is 0.370 e. The summed E-state index contributed by atoms with van der Waals surface area (Å²) in [6.07, 6.45) is 3.28. The number of carbonyl (C=O) groups is 1. The summed E-state index contributed by atoms with van der Waals surface area (Å²) in [5.41, 5.74) is -0.212. The molecular formula is C13H23NO2. The summed E-state index contributed by atoms with van der Waals surface area (Å²) in [6, 6.07) is 0. The number of nitrogens with one attached hydrogen (secondary N) is 1.